The number of ether oxygens (including phenoxy) is 1. The van der Waals surface area contributed by atoms with Crippen LogP contribution >= 0.6 is 15.9 Å². The maximum absolute atomic E-state index is 9.76. The summed E-state index contributed by atoms with van der Waals surface area (Å²) >= 11 is 3.40. The third-order valence-corrected chi connectivity index (χ3v) is 3.43. The molecule has 2 nitrogen and oxygen atoms in total. The Morgan fingerprint density at radius 2 is 1.84 bits per heavy atom. The first-order valence-electron chi connectivity index (χ1n) is 6.22. The van der Waals surface area contributed by atoms with Crippen molar-refractivity contribution in [2.75, 3.05) is 0 Å². The van der Waals surface area contributed by atoms with Gasteiger partial charge in [-0.05, 0) is 37.6 Å². The van der Waals surface area contributed by atoms with Crippen LogP contribution in [0.25, 0.3) is 0 Å². The van der Waals surface area contributed by atoms with Crippen LogP contribution in [0, 0.1) is 6.92 Å². The van der Waals surface area contributed by atoms with Crippen molar-refractivity contribution in [3.05, 3.63) is 63.6 Å². The van der Waals surface area contributed by atoms with Crippen LogP contribution < -0.4 is 4.74 Å². The Morgan fingerprint density at radius 3 is 2.47 bits per heavy atom. The molecule has 0 aliphatic rings. The van der Waals surface area contributed by atoms with E-state index in [0.29, 0.717) is 6.61 Å². The Hall–Kier alpha value is -1.32. The lowest BCUT2D eigenvalue weighted by atomic mass is 10.1. The first kappa shape index (κ1) is 14.1. The van der Waals surface area contributed by atoms with E-state index in [1.165, 1.54) is 5.56 Å². The lowest BCUT2D eigenvalue weighted by Crippen LogP contribution is -2.01. The van der Waals surface area contributed by atoms with Crippen molar-refractivity contribution in [1.82, 2.24) is 0 Å². The Balaban J connectivity index is 2.13. The summed E-state index contributed by atoms with van der Waals surface area (Å²) < 4.78 is 6.73. The predicted molar refractivity (Wildman–Crippen MR) is 80.3 cm³/mol. The van der Waals surface area contributed by atoms with Gasteiger partial charge in [0.05, 0.1) is 6.10 Å². The fourth-order valence-electron chi connectivity index (χ4n) is 1.82. The Bertz CT molecular complexity index is 547. The quantitative estimate of drug-likeness (QED) is 0.905. The summed E-state index contributed by atoms with van der Waals surface area (Å²) in [6.07, 6.45) is -0.550. The second-order valence-corrected chi connectivity index (χ2v) is 5.55. The smallest absolute Gasteiger partial charge is 0.125 e. The fraction of sp³-hybridized carbons (Fsp3) is 0.250. The Labute approximate surface area is 122 Å². The highest BCUT2D eigenvalue weighted by molar-refractivity contribution is 9.10. The molecule has 1 atom stereocenters. The van der Waals surface area contributed by atoms with Gasteiger partial charge in [0, 0.05) is 10.0 Å². The number of hydrogen-bond donors (Lipinski definition) is 1. The molecule has 2 aromatic rings. The molecular formula is C16H17BrO2. The fourth-order valence-corrected chi connectivity index (χ4v) is 2.20. The van der Waals surface area contributed by atoms with Crippen LogP contribution in [0.3, 0.4) is 0 Å². The molecule has 0 radical (unpaired) electrons. The number of aliphatic hydroxyl groups is 1. The first-order valence-corrected chi connectivity index (χ1v) is 7.01. The van der Waals surface area contributed by atoms with E-state index in [-0.39, 0.29) is 0 Å². The summed E-state index contributed by atoms with van der Waals surface area (Å²) in [6, 6.07) is 13.9. The monoisotopic (exact) mass is 320 g/mol. The van der Waals surface area contributed by atoms with E-state index in [1.54, 1.807) is 6.92 Å². The van der Waals surface area contributed by atoms with Crippen molar-refractivity contribution in [3.63, 3.8) is 0 Å². The van der Waals surface area contributed by atoms with Crippen LogP contribution in [0.15, 0.2) is 46.9 Å². The molecule has 2 aromatic carbocycles. The van der Waals surface area contributed by atoms with Crippen LogP contribution in [0.5, 0.6) is 5.75 Å². The summed E-state index contributed by atoms with van der Waals surface area (Å²) in [4.78, 5) is 0. The maximum atomic E-state index is 9.76. The van der Waals surface area contributed by atoms with Gasteiger partial charge in [-0.1, -0.05) is 45.8 Å². The molecule has 1 N–H and O–H groups in total. The summed E-state index contributed by atoms with van der Waals surface area (Å²) in [5.41, 5.74) is 3.14. The molecule has 3 heteroatoms. The molecule has 100 valence electrons. The van der Waals surface area contributed by atoms with Crippen molar-refractivity contribution in [3.8, 4) is 5.75 Å². The highest BCUT2D eigenvalue weighted by Crippen LogP contribution is 2.29. The van der Waals surface area contributed by atoms with Gasteiger partial charge in [-0.3, -0.25) is 0 Å². The average Bonchev–Trinajstić information content (AvgIpc) is 2.39. The standard InChI is InChI=1S/C16H17BrO2/c1-11-3-5-13(6-4-11)10-19-16-8-7-14(17)9-15(16)12(2)18/h3-9,12,18H,10H2,1-2H3/t12-/m1/s1. The second-order valence-electron chi connectivity index (χ2n) is 4.63. The topological polar surface area (TPSA) is 29.5 Å². The molecule has 0 aliphatic heterocycles. The van der Waals surface area contributed by atoms with Gasteiger partial charge < -0.3 is 9.84 Å². The lowest BCUT2D eigenvalue weighted by Gasteiger charge is -2.14. The SMILES string of the molecule is Cc1ccc(COc2ccc(Br)cc2[C@@H](C)O)cc1. The van der Waals surface area contributed by atoms with Crippen molar-refractivity contribution in [1.29, 1.82) is 0 Å². The van der Waals surface area contributed by atoms with Crippen LogP contribution in [-0.4, -0.2) is 5.11 Å². The van der Waals surface area contributed by atoms with Crippen LogP contribution in [-0.2, 0) is 6.61 Å². The number of benzene rings is 2. The van der Waals surface area contributed by atoms with E-state index in [1.807, 2.05) is 18.2 Å². The third kappa shape index (κ3) is 3.82. The lowest BCUT2D eigenvalue weighted by molar-refractivity contribution is 0.190. The second kappa shape index (κ2) is 6.22. The van der Waals surface area contributed by atoms with E-state index in [0.717, 1.165) is 21.3 Å². The van der Waals surface area contributed by atoms with E-state index < -0.39 is 6.10 Å². The zero-order chi connectivity index (χ0) is 13.8. The van der Waals surface area contributed by atoms with Gasteiger partial charge in [0.1, 0.15) is 12.4 Å². The molecule has 0 bridgehead atoms. The number of aryl methyl sites for hydroxylation is 1. The molecule has 0 saturated heterocycles. The normalized spacial score (nSPS) is 12.2. The van der Waals surface area contributed by atoms with E-state index in [9.17, 15) is 5.11 Å². The van der Waals surface area contributed by atoms with E-state index >= 15 is 0 Å². The Kier molecular flexibility index (Phi) is 4.61. The van der Waals surface area contributed by atoms with Gasteiger partial charge in [0.2, 0.25) is 0 Å². The van der Waals surface area contributed by atoms with Gasteiger partial charge >= 0.3 is 0 Å². The van der Waals surface area contributed by atoms with E-state index in [2.05, 4.69) is 47.1 Å². The molecule has 0 heterocycles. The zero-order valence-electron chi connectivity index (χ0n) is 11.1. The highest BCUT2D eigenvalue weighted by Gasteiger charge is 2.10. The van der Waals surface area contributed by atoms with Crippen LogP contribution in [0.1, 0.15) is 29.7 Å². The minimum atomic E-state index is -0.550. The largest absolute Gasteiger partial charge is 0.489 e. The number of halogens is 1. The predicted octanol–water partition coefficient (Wildman–Crippen LogP) is 4.39. The molecule has 2 rings (SSSR count). The third-order valence-electron chi connectivity index (χ3n) is 2.94. The van der Waals surface area contributed by atoms with Gasteiger partial charge in [0.25, 0.3) is 0 Å². The minimum Gasteiger partial charge on any atom is -0.489 e. The number of aliphatic hydroxyl groups excluding tert-OH is 1. The summed E-state index contributed by atoms with van der Waals surface area (Å²) in [5.74, 6) is 0.721. The van der Waals surface area contributed by atoms with Crippen molar-refractivity contribution in [2.45, 2.75) is 26.6 Å². The van der Waals surface area contributed by atoms with Gasteiger partial charge in [0.15, 0.2) is 0 Å². The van der Waals surface area contributed by atoms with Gasteiger partial charge in [-0.2, -0.15) is 0 Å². The van der Waals surface area contributed by atoms with Crippen LogP contribution in [0.2, 0.25) is 0 Å². The molecule has 0 fully saturated rings. The van der Waals surface area contributed by atoms with Crippen molar-refractivity contribution >= 4 is 15.9 Å². The maximum Gasteiger partial charge on any atom is 0.125 e. The highest BCUT2D eigenvalue weighted by atomic mass is 79.9. The van der Waals surface area contributed by atoms with Crippen LogP contribution in [0.4, 0.5) is 0 Å². The summed E-state index contributed by atoms with van der Waals surface area (Å²) in [6.45, 7) is 4.30. The molecule has 19 heavy (non-hydrogen) atoms. The van der Waals surface area contributed by atoms with Gasteiger partial charge in [-0.25, -0.2) is 0 Å². The summed E-state index contributed by atoms with van der Waals surface area (Å²) in [5, 5.41) is 9.76. The zero-order valence-corrected chi connectivity index (χ0v) is 12.6. The minimum absolute atomic E-state index is 0.502. The van der Waals surface area contributed by atoms with Gasteiger partial charge in [-0.15, -0.1) is 0 Å². The molecule has 0 aromatic heterocycles. The molecule has 0 amide bonds. The van der Waals surface area contributed by atoms with Crippen molar-refractivity contribution in [2.24, 2.45) is 0 Å². The molecule has 0 aliphatic carbocycles. The molecule has 0 unspecified atom stereocenters. The Morgan fingerprint density at radius 1 is 1.16 bits per heavy atom. The molecule has 0 spiro atoms. The average molecular weight is 321 g/mol. The van der Waals surface area contributed by atoms with E-state index in [4.69, 9.17) is 4.74 Å². The summed E-state index contributed by atoms with van der Waals surface area (Å²) in [7, 11) is 0. The van der Waals surface area contributed by atoms with Crippen molar-refractivity contribution < 1.29 is 9.84 Å². The molecule has 0 saturated carbocycles. The molecular weight excluding hydrogens is 304 g/mol. The number of hydrogen-bond acceptors (Lipinski definition) is 2. The first-order chi connectivity index (χ1) is 9.06. The number of rotatable bonds is 4.